The average Bonchev–Trinajstić information content (AvgIpc) is 3.41. The Hall–Kier alpha value is -5.53. The zero-order valence-corrected chi connectivity index (χ0v) is 40.2. The van der Waals surface area contributed by atoms with Gasteiger partial charge >= 0.3 is 0 Å². The minimum absolute atomic E-state index is 0.0101. The molecular weight excluding hydrogens is 841 g/mol. The standard InChI is InChI=1S/C53H64N2O11/c1-12-65-52(5,6)50(60)27-16-14-18-29(21-27)54-32-23-34(62-9)40-41-35(63-10)24-33(57)39-42(41)37-31(20-25(3)36(26(4)56)45-43(37)44(40)38(32)48(59)49(45)64-11)46(47(39)58)55-30-19-15-17-28(22-30)51(61)53(7,8)66-13-2/h20,23-24,27-30,36,54-55,57H,12-19,21-22H2,1-11H3. The van der Waals surface area contributed by atoms with Crippen molar-refractivity contribution >= 4 is 77.9 Å². The summed E-state index contributed by atoms with van der Waals surface area (Å²) in [5, 5.41) is 22.4. The Bertz CT molecular complexity index is 2940. The maximum Gasteiger partial charge on any atom is 0.230 e. The van der Waals surface area contributed by atoms with Gasteiger partial charge in [0, 0.05) is 87.3 Å². The van der Waals surface area contributed by atoms with Gasteiger partial charge in [0.25, 0.3) is 0 Å². The minimum atomic E-state index is -0.974. The number of hydrogen-bond donors (Lipinski definition) is 3. The molecule has 5 aromatic carbocycles. The fraction of sp³-hybridized carbons (Fsp3) is 0.528. The van der Waals surface area contributed by atoms with E-state index in [0.717, 1.165) is 25.7 Å². The maximum absolute atomic E-state index is 15.4. The number of phenols is 1. The van der Waals surface area contributed by atoms with Gasteiger partial charge < -0.3 is 39.4 Å². The van der Waals surface area contributed by atoms with Crippen LogP contribution in [0.1, 0.15) is 124 Å². The summed E-state index contributed by atoms with van der Waals surface area (Å²) >= 11 is 0. The molecule has 2 saturated carbocycles. The third-order valence-corrected chi connectivity index (χ3v) is 14.7. The van der Waals surface area contributed by atoms with E-state index in [9.17, 15) is 19.5 Å². The fourth-order valence-corrected chi connectivity index (χ4v) is 11.9. The Balaban J connectivity index is 1.45. The largest absolute Gasteiger partial charge is 0.507 e. The molecule has 3 aliphatic carbocycles. The number of anilines is 2. The third kappa shape index (κ3) is 7.50. The molecule has 0 bridgehead atoms. The van der Waals surface area contributed by atoms with Gasteiger partial charge in [0.05, 0.1) is 49.4 Å². The van der Waals surface area contributed by atoms with E-state index in [2.05, 4.69) is 10.6 Å². The van der Waals surface area contributed by atoms with E-state index in [1.165, 1.54) is 34.3 Å². The highest BCUT2D eigenvalue weighted by atomic mass is 16.5. The number of carbonyl (C=O) groups excluding carboxylic acids is 3. The summed E-state index contributed by atoms with van der Waals surface area (Å²) in [5.74, 6) is -1.41. The predicted molar refractivity (Wildman–Crippen MR) is 260 cm³/mol. The third-order valence-electron chi connectivity index (χ3n) is 14.7. The summed E-state index contributed by atoms with van der Waals surface area (Å²) in [7, 11) is 4.44. The van der Waals surface area contributed by atoms with Gasteiger partial charge in [-0.25, -0.2) is 0 Å². The summed E-state index contributed by atoms with van der Waals surface area (Å²) in [6.07, 6.45) is 7.19. The van der Waals surface area contributed by atoms with Crippen LogP contribution in [-0.4, -0.2) is 80.3 Å². The van der Waals surface area contributed by atoms with Crippen LogP contribution in [0, 0.1) is 11.8 Å². The summed E-state index contributed by atoms with van der Waals surface area (Å²) in [5.41, 5.74) is -0.699. The summed E-state index contributed by atoms with van der Waals surface area (Å²) in [6.45, 7) is 15.1. The molecule has 0 aromatic heterocycles. The lowest BCUT2D eigenvalue weighted by molar-refractivity contribution is -0.145. The van der Waals surface area contributed by atoms with Crippen molar-refractivity contribution < 1.29 is 43.2 Å². The van der Waals surface area contributed by atoms with Gasteiger partial charge in [-0.2, -0.15) is 0 Å². The number of ether oxygens (including phenoxy) is 5. The second-order valence-corrected chi connectivity index (χ2v) is 19.6. The predicted octanol–water partition coefficient (Wildman–Crippen LogP) is 9.43. The van der Waals surface area contributed by atoms with Crippen molar-refractivity contribution in [3.05, 3.63) is 49.3 Å². The van der Waals surface area contributed by atoms with Crippen LogP contribution < -0.4 is 35.7 Å². The van der Waals surface area contributed by atoms with Crippen LogP contribution in [0.15, 0.2) is 27.3 Å². The lowest BCUT2D eigenvalue weighted by atomic mass is 9.78. The van der Waals surface area contributed by atoms with E-state index in [-0.39, 0.29) is 75.0 Å². The lowest BCUT2D eigenvalue weighted by Crippen LogP contribution is -2.43. The molecule has 2 fully saturated rings. The smallest absolute Gasteiger partial charge is 0.230 e. The SMILES string of the molecule is CCOC(C)(C)C(=O)C1CCCC(Nc2c3c4c5c(c(OC)c(=O)c6c(NC7CCCC(C(=O)C(C)(C)OCC)C7)cc(OC)c(c7c(OC)cc(O)c(c2=O)c74)c65)C(C(C)=O)C(C)=C3)C1. The van der Waals surface area contributed by atoms with Crippen molar-refractivity contribution in [2.45, 2.75) is 136 Å². The molecule has 0 heterocycles. The molecule has 13 nitrogen and oxygen atoms in total. The monoisotopic (exact) mass is 904 g/mol. The molecule has 0 amide bonds. The zero-order chi connectivity index (χ0) is 47.7. The van der Waals surface area contributed by atoms with E-state index < -0.39 is 28.0 Å². The van der Waals surface area contributed by atoms with Gasteiger partial charge in [0.15, 0.2) is 17.3 Å². The van der Waals surface area contributed by atoms with Gasteiger partial charge in [-0.15, -0.1) is 0 Å². The minimum Gasteiger partial charge on any atom is -0.507 e. The van der Waals surface area contributed by atoms with Crippen molar-refractivity contribution in [1.82, 2.24) is 0 Å². The molecule has 5 atom stereocenters. The molecule has 0 spiro atoms. The Morgan fingerprint density at radius 3 is 1.73 bits per heavy atom. The Kier molecular flexibility index (Phi) is 12.5. The number of aromatic hydroxyl groups is 1. The van der Waals surface area contributed by atoms with E-state index in [1.807, 2.05) is 40.7 Å². The number of allylic oxidation sites excluding steroid dienone is 1. The number of carbonyl (C=O) groups is 3. The first-order valence-corrected chi connectivity index (χ1v) is 23.5. The van der Waals surface area contributed by atoms with E-state index in [1.54, 1.807) is 19.9 Å². The fourth-order valence-electron chi connectivity index (χ4n) is 11.9. The molecule has 0 saturated heterocycles. The van der Waals surface area contributed by atoms with Crippen molar-refractivity contribution in [2.75, 3.05) is 45.2 Å². The van der Waals surface area contributed by atoms with Gasteiger partial charge in [0.2, 0.25) is 10.9 Å². The van der Waals surface area contributed by atoms with Gasteiger partial charge in [0.1, 0.15) is 34.2 Å². The number of Topliss-reactive ketones (excluding diaryl/α,β-unsaturated/α-hetero) is 3. The molecule has 66 heavy (non-hydrogen) atoms. The van der Waals surface area contributed by atoms with E-state index in [4.69, 9.17) is 23.7 Å². The molecule has 0 radical (unpaired) electrons. The molecule has 13 heteroatoms. The van der Waals surface area contributed by atoms with Crippen molar-refractivity contribution in [3.8, 4) is 23.0 Å². The summed E-state index contributed by atoms with van der Waals surface area (Å²) in [4.78, 5) is 72.5. The highest BCUT2D eigenvalue weighted by Gasteiger charge is 2.41. The first-order chi connectivity index (χ1) is 31.3. The summed E-state index contributed by atoms with van der Waals surface area (Å²) < 4.78 is 30.1. The normalized spacial score (nSPS) is 21.3. The summed E-state index contributed by atoms with van der Waals surface area (Å²) in [6, 6.07) is 2.69. The maximum atomic E-state index is 15.4. The van der Waals surface area contributed by atoms with E-state index in [0.29, 0.717) is 99.4 Å². The number of rotatable bonds is 16. The highest BCUT2D eigenvalue weighted by Crippen LogP contribution is 2.56. The topological polar surface area (TPSA) is 176 Å². The molecule has 0 aliphatic heterocycles. The van der Waals surface area contributed by atoms with Crippen LogP contribution in [0.4, 0.5) is 11.4 Å². The highest BCUT2D eigenvalue weighted by molar-refractivity contribution is 6.40. The molecule has 5 unspecified atom stereocenters. The zero-order valence-electron chi connectivity index (χ0n) is 40.2. The van der Waals surface area contributed by atoms with Crippen molar-refractivity contribution in [1.29, 1.82) is 0 Å². The molecule has 3 aliphatic rings. The number of benzene rings is 5. The number of nitrogens with one attached hydrogen (secondary N) is 2. The van der Waals surface area contributed by atoms with Gasteiger partial charge in [-0.05, 0) is 99.3 Å². The second-order valence-electron chi connectivity index (χ2n) is 19.6. The number of methoxy groups -OCH3 is 3. The molecule has 352 valence electrons. The second kappa shape index (κ2) is 17.6. The molecule has 3 N–H and O–H groups in total. The van der Waals surface area contributed by atoms with Crippen LogP contribution in [-0.2, 0) is 23.9 Å². The first-order valence-electron chi connectivity index (χ1n) is 23.5. The average molecular weight is 905 g/mol. The number of phenolic OH excluding ortho intramolecular Hbond substituents is 1. The van der Waals surface area contributed by atoms with Crippen LogP contribution in [0.5, 0.6) is 23.0 Å². The molecule has 8 rings (SSSR count). The molecule has 5 aromatic rings. The van der Waals surface area contributed by atoms with Crippen molar-refractivity contribution in [2.24, 2.45) is 11.8 Å². The number of ketones is 3. The lowest BCUT2D eigenvalue weighted by Gasteiger charge is -2.35. The van der Waals surface area contributed by atoms with Crippen molar-refractivity contribution in [3.63, 3.8) is 0 Å². The number of fused-ring (bicyclic) bond motifs is 1. The van der Waals surface area contributed by atoms with Gasteiger partial charge in [-0.1, -0.05) is 24.5 Å². The van der Waals surface area contributed by atoms with Gasteiger partial charge in [-0.3, -0.25) is 24.0 Å². The Labute approximate surface area is 385 Å². The Morgan fingerprint density at radius 2 is 1.21 bits per heavy atom. The van der Waals surface area contributed by atoms with Crippen LogP contribution in [0.2, 0.25) is 0 Å². The van der Waals surface area contributed by atoms with E-state index >= 15 is 9.59 Å². The number of hydrogen-bond acceptors (Lipinski definition) is 13. The quantitative estimate of drug-likeness (QED) is 0.0631. The van der Waals surface area contributed by atoms with Crippen LogP contribution in [0.3, 0.4) is 0 Å². The first kappa shape index (κ1) is 47.0. The Morgan fingerprint density at radius 1 is 0.682 bits per heavy atom. The van der Waals surface area contributed by atoms with Crippen LogP contribution >= 0.6 is 0 Å². The molecular formula is C53H64N2O11. The van der Waals surface area contributed by atoms with Crippen LogP contribution in [0.25, 0.3) is 49.2 Å².